The second kappa shape index (κ2) is 9.61. The molecule has 2 aromatic rings. The van der Waals surface area contributed by atoms with E-state index >= 15 is 0 Å². The number of hydrogen-bond acceptors (Lipinski definition) is 4. The lowest BCUT2D eigenvalue weighted by atomic mass is 10.3. The molecule has 0 atom stereocenters. The fourth-order valence-electron chi connectivity index (χ4n) is 2.32. The van der Waals surface area contributed by atoms with Crippen molar-refractivity contribution in [3.63, 3.8) is 0 Å². The highest BCUT2D eigenvalue weighted by atomic mass is 32.1. The van der Waals surface area contributed by atoms with Crippen LogP contribution in [-0.4, -0.2) is 49.2 Å². The van der Waals surface area contributed by atoms with Crippen molar-refractivity contribution in [2.75, 3.05) is 39.6 Å². The van der Waals surface area contributed by atoms with Crippen molar-refractivity contribution >= 4 is 34.4 Å². The highest BCUT2D eigenvalue weighted by Crippen LogP contribution is 2.18. The van der Waals surface area contributed by atoms with Gasteiger partial charge in [-0.05, 0) is 62.9 Å². The molecule has 0 aliphatic carbocycles. The van der Waals surface area contributed by atoms with Gasteiger partial charge in [-0.3, -0.25) is 0 Å². The highest BCUT2D eigenvalue weighted by Gasteiger charge is 2.12. The third-order valence-corrected chi connectivity index (χ3v) is 4.79. The number of thiophene rings is 1. The Morgan fingerprint density at radius 1 is 1.21 bits per heavy atom. The fourth-order valence-corrected chi connectivity index (χ4v) is 3.32. The second-order valence-corrected chi connectivity index (χ2v) is 7.24. The quantitative estimate of drug-likeness (QED) is 0.718. The van der Waals surface area contributed by atoms with Crippen LogP contribution >= 0.6 is 23.6 Å². The molecule has 6 heteroatoms. The summed E-state index contributed by atoms with van der Waals surface area (Å²) < 4.78 is 5.27. The van der Waals surface area contributed by atoms with Gasteiger partial charge in [-0.2, -0.15) is 0 Å². The van der Waals surface area contributed by atoms with Gasteiger partial charge in [0.05, 0.1) is 13.7 Å². The number of benzene rings is 1. The third kappa shape index (κ3) is 6.11. The Hall–Kier alpha value is -1.63. The summed E-state index contributed by atoms with van der Waals surface area (Å²) in [7, 11) is 5.86. The molecule has 1 aromatic heterocycles. The van der Waals surface area contributed by atoms with Crippen LogP contribution in [0, 0.1) is 0 Å². The van der Waals surface area contributed by atoms with Gasteiger partial charge in [0, 0.05) is 23.2 Å². The zero-order chi connectivity index (χ0) is 17.4. The van der Waals surface area contributed by atoms with Gasteiger partial charge in [0.2, 0.25) is 0 Å². The molecular formula is C18H25N3OS2. The molecule has 0 saturated heterocycles. The van der Waals surface area contributed by atoms with Crippen molar-refractivity contribution in [1.29, 1.82) is 0 Å². The first-order valence-electron chi connectivity index (χ1n) is 7.95. The van der Waals surface area contributed by atoms with E-state index in [9.17, 15) is 0 Å². The maximum atomic E-state index is 5.65. The van der Waals surface area contributed by atoms with Crippen LogP contribution < -0.4 is 10.1 Å². The molecule has 0 amide bonds. The Morgan fingerprint density at radius 2 is 2.04 bits per heavy atom. The highest BCUT2D eigenvalue weighted by molar-refractivity contribution is 7.80. The Bertz CT molecular complexity index is 629. The number of nitrogens with one attached hydrogen (secondary N) is 1. The van der Waals surface area contributed by atoms with Gasteiger partial charge in [0.1, 0.15) is 5.75 Å². The van der Waals surface area contributed by atoms with Crippen LogP contribution in [-0.2, 0) is 6.54 Å². The lowest BCUT2D eigenvalue weighted by molar-refractivity contribution is 0.347. The first kappa shape index (κ1) is 18.7. The first-order chi connectivity index (χ1) is 11.6. The summed E-state index contributed by atoms with van der Waals surface area (Å²) >= 11 is 7.42. The van der Waals surface area contributed by atoms with Crippen molar-refractivity contribution in [2.45, 2.75) is 13.0 Å². The number of nitrogens with zero attached hydrogens (tertiary/aromatic N) is 2. The second-order valence-electron chi connectivity index (χ2n) is 5.82. The number of ether oxygens (including phenoxy) is 1. The lowest BCUT2D eigenvalue weighted by Gasteiger charge is -2.26. The van der Waals surface area contributed by atoms with Crippen molar-refractivity contribution in [3.8, 4) is 5.75 Å². The van der Waals surface area contributed by atoms with Crippen LogP contribution in [0.2, 0.25) is 0 Å². The summed E-state index contributed by atoms with van der Waals surface area (Å²) in [4.78, 5) is 5.74. The van der Waals surface area contributed by atoms with Crippen LogP contribution in [0.15, 0.2) is 41.8 Å². The minimum atomic E-state index is 0.746. The van der Waals surface area contributed by atoms with E-state index in [0.717, 1.165) is 42.6 Å². The zero-order valence-corrected chi connectivity index (χ0v) is 16.1. The van der Waals surface area contributed by atoms with Crippen LogP contribution in [0.1, 0.15) is 11.3 Å². The van der Waals surface area contributed by atoms with Crippen LogP contribution in [0.4, 0.5) is 5.69 Å². The van der Waals surface area contributed by atoms with Gasteiger partial charge in [-0.1, -0.05) is 12.1 Å². The molecular weight excluding hydrogens is 338 g/mol. The van der Waals surface area contributed by atoms with Crippen LogP contribution in [0.3, 0.4) is 0 Å². The van der Waals surface area contributed by atoms with Crippen LogP contribution in [0.5, 0.6) is 5.75 Å². The summed E-state index contributed by atoms with van der Waals surface area (Å²) in [6.45, 7) is 2.80. The van der Waals surface area contributed by atoms with E-state index in [1.165, 1.54) is 4.88 Å². The van der Waals surface area contributed by atoms with E-state index in [4.69, 9.17) is 17.0 Å². The molecule has 0 fully saturated rings. The summed E-state index contributed by atoms with van der Waals surface area (Å²) in [6, 6.07) is 12.1. The minimum absolute atomic E-state index is 0.746. The molecule has 1 N–H and O–H groups in total. The Balaban J connectivity index is 2.01. The summed E-state index contributed by atoms with van der Waals surface area (Å²) in [6.07, 6.45) is 1.07. The SMILES string of the molecule is COc1cccc(NC(=S)N(CCCN(C)C)Cc2cccs2)c1. The minimum Gasteiger partial charge on any atom is -0.497 e. The van der Waals surface area contributed by atoms with Crippen molar-refractivity contribution in [3.05, 3.63) is 46.7 Å². The number of methoxy groups -OCH3 is 1. The molecule has 0 radical (unpaired) electrons. The Labute approximate surface area is 154 Å². The van der Waals surface area contributed by atoms with E-state index in [1.54, 1.807) is 18.4 Å². The normalized spacial score (nSPS) is 10.7. The molecule has 0 aliphatic heterocycles. The molecule has 0 spiro atoms. The molecule has 1 aromatic carbocycles. The average molecular weight is 364 g/mol. The van der Waals surface area contributed by atoms with E-state index in [2.05, 4.69) is 46.7 Å². The molecule has 4 nitrogen and oxygen atoms in total. The van der Waals surface area contributed by atoms with Gasteiger partial charge in [-0.25, -0.2) is 0 Å². The fraction of sp³-hybridized carbons (Fsp3) is 0.389. The number of thiocarbonyl (C=S) groups is 1. The first-order valence-corrected chi connectivity index (χ1v) is 9.24. The molecule has 0 bridgehead atoms. The summed E-state index contributed by atoms with van der Waals surface area (Å²) in [5.41, 5.74) is 0.947. The van der Waals surface area contributed by atoms with E-state index in [0.29, 0.717) is 0 Å². The maximum absolute atomic E-state index is 5.65. The van der Waals surface area contributed by atoms with E-state index in [1.807, 2.05) is 24.3 Å². The van der Waals surface area contributed by atoms with Gasteiger partial charge < -0.3 is 19.9 Å². The summed E-state index contributed by atoms with van der Waals surface area (Å²) in [5, 5.41) is 6.18. The average Bonchev–Trinajstić information content (AvgIpc) is 3.07. The largest absolute Gasteiger partial charge is 0.497 e. The number of hydrogen-bond donors (Lipinski definition) is 1. The predicted molar refractivity (Wildman–Crippen MR) is 107 cm³/mol. The van der Waals surface area contributed by atoms with Gasteiger partial charge in [-0.15, -0.1) is 11.3 Å². The number of anilines is 1. The molecule has 0 saturated carbocycles. The van der Waals surface area contributed by atoms with Gasteiger partial charge in [0.25, 0.3) is 0 Å². The van der Waals surface area contributed by atoms with Gasteiger partial charge >= 0.3 is 0 Å². The smallest absolute Gasteiger partial charge is 0.173 e. The van der Waals surface area contributed by atoms with Crippen molar-refractivity contribution < 1.29 is 4.74 Å². The standard InChI is InChI=1S/C18H25N3OS2/c1-20(2)10-6-11-21(14-17-9-5-12-24-17)18(23)19-15-7-4-8-16(13-15)22-3/h4-5,7-9,12-13H,6,10-11,14H2,1-3H3,(H,19,23). The van der Waals surface area contributed by atoms with Gasteiger partial charge in [0.15, 0.2) is 5.11 Å². The molecule has 2 rings (SSSR count). The summed E-state index contributed by atoms with van der Waals surface area (Å²) in [5.74, 6) is 0.820. The molecule has 130 valence electrons. The maximum Gasteiger partial charge on any atom is 0.173 e. The monoisotopic (exact) mass is 363 g/mol. The van der Waals surface area contributed by atoms with E-state index in [-0.39, 0.29) is 0 Å². The molecule has 0 aliphatic rings. The van der Waals surface area contributed by atoms with Crippen molar-refractivity contribution in [1.82, 2.24) is 9.80 Å². The van der Waals surface area contributed by atoms with Crippen LogP contribution in [0.25, 0.3) is 0 Å². The predicted octanol–water partition coefficient (Wildman–Crippen LogP) is 3.91. The van der Waals surface area contributed by atoms with Crippen molar-refractivity contribution in [2.24, 2.45) is 0 Å². The molecule has 1 heterocycles. The molecule has 24 heavy (non-hydrogen) atoms. The van der Waals surface area contributed by atoms with E-state index < -0.39 is 0 Å². The lowest BCUT2D eigenvalue weighted by Crippen LogP contribution is -2.36. The topological polar surface area (TPSA) is 27.7 Å². The Kier molecular flexibility index (Phi) is 7.49. The third-order valence-electron chi connectivity index (χ3n) is 3.57. The molecule has 0 unspecified atom stereocenters. The zero-order valence-electron chi connectivity index (χ0n) is 14.5. The number of rotatable bonds is 8. The Morgan fingerprint density at radius 3 is 2.71 bits per heavy atom.